The standard InChI is InChI=1S/C29H28N4O6S/c1-29(2)23(28(38)39)33-26(37)20(27(33)40-29)31-25(36)19(15-8-4-3-5-9-15)30-24(35)18-14-32-13-7-11-16-10-6-12-17(21(16)32)22(18)34/h3-6,8-10,12,14,19-20,23,27H,7,11,13H2,1-2H3,(H,30,35)(H,31,36)(H,38,39). The van der Waals surface area contributed by atoms with Crippen LogP contribution in [0.2, 0.25) is 0 Å². The molecular formula is C29H28N4O6S. The van der Waals surface area contributed by atoms with Gasteiger partial charge in [0.25, 0.3) is 5.91 Å². The van der Waals surface area contributed by atoms with Gasteiger partial charge in [0.05, 0.1) is 5.52 Å². The van der Waals surface area contributed by atoms with Crippen LogP contribution >= 0.6 is 11.8 Å². The first-order chi connectivity index (χ1) is 19.1. The quantitative estimate of drug-likeness (QED) is 0.393. The second-order valence-corrected chi connectivity index (χ2v) is 12.7. The number of hydrogen-bond acceptors (Lipinski definition) is 6. The molecule has 1 aromatic heterocycles. The van der Waals surface area contributed by atoms with Crippen LogP contribution in [0.1, 0.15) is 47.8 Å². The summed E-state index contributed by atoms with van der Waals surface area (Å²) in [6.07, 6.45) is 3.30. The van der Waals surface area contributed by atoms with E-state index >= 15 is 0 Å². The van der Waals surface area contributed by atoms with Crippen LogP contribution in [-0.4, -0.2) is 60.5 Å². The number of nitrogens with zero attached hydrogens (tertiary/aromatic N) is 2. The van der Waals surface area contributed by atoms with Crippen LogP contribution < -0.4 is 16.1 Å². The highest BCUT2D eigenvalue weighted by atomic mass is 32.2. The van der Waals surface area contributed by atoms with Gasteiger partial charge in [-0.25, -0.2) is 4.79 Å². The van der Waals surface area contributed by atoms with Gasteiger partial charge in [-0.1, -0.05) is 42.5 Å². The van der Waals surface area contributed by atoms with Crippen molar-refractivity contribution in [2.24, 2.45) is 0 Å². The molecule has 0 saturated carbocycles. The zero-order chi connectivity index (χ0) is 28.3. The number of aryl methyl sites for hydroxylation is 2. The summed E-state index contributed by atoms with van der Waals surface area (Å²) in [5.74, 6) is -2.90. The van der Waals surface area contributed by atoms with E-state index in [1.54, 1.807) is 56.4 Å². The van der Waals surface area contributed by atoms with E-state index in [9.17, 15) is 29.1 Å². The predicted molar refractivity (Wildman–Crippen MR) is 149 cm³/mol. The molecule has 0 radical (unpaired) electrons. The molecule has 3 aliphatic heterocycles. The first-order valence-electron chi connectivity index (χ1n) is 13.1. The molecule has 10 nitrogen and oxygen atoms in total. The highest BCUT2D eigenvalue weighted by molar-refractivity contribution is 8.01. The number of β-lactam (4-membered cyclic amide) rings is 1. The summed E-state index contributed by atoms with van der Waals surface area (Å²) in [5, 5.41) is 15.1. The topological polar surface area (TPSA) is 138 Å². The van der Waals surface area contributed by atoms with E-state index in [0.29, 0.717) is 17.5 Å². The average molecular weight is 561 g/mol. The molecule has 2 saturated heterocycles. The molecule has 4 heterocycles. The van der Waals surface area contributed by atoms with Crippen molar-refractivity contribution in [2.75, 3.05) is 0 Å². The summed E-state index contributed by atoms with van der Waals surface area (Å²) in [6, 6.07) is 11.0. The maximum absolute atomic E-state index is 13.6. The van der Waals surface area contributed by atoms with Crippen molar-refractivity contribution >= 4 is 46.4 Å². The highest BCUT2D eigenvalue weighted by Gasteiger charge is 2.64. The monoisotopic (exact) mass is 560 g/mol. The maximum atomic E-state index is 13.6. The van der Waals surface area contributed by atoms with Crippen LogP contribution in [0, 0.1) is 0 Å². The Morgan fingerprint density at radius 2 is 1.82 bits per heavy atom. The zero-order valence-corrected chi connectivity index (χ0v) is 22.7. The number of hydrogen-bond donors (Lipinski definition) is 3. The van der Waals surface area contributed by atoms with Gasteiger partial charge in [-0.3, -0.25) is 19.2 Å². The number of pyridine rings is 1. The Hall–Kier alpha value is -4.12. The maximum Gasteiger partial charge on any atom is 0.327 e. The average Bonchev–Trinajstić information content (AvgIpc) is 3.20. The van der Waals surface area contributed by atoms with Crippen LogP contribution in [0.3, 0.4) is 0 Å². The van der Waals surface area contributed by atoms with Crippen molar-refractivity contribution in [3.05, 3.63) is 81.6 Å². The zero-order valence-electron chi connectivity index (χ0n) is 21.9. The number of thioether (sulfide) groups is 1. The van der Waals surface area contributed by atoms with Gasteiger partial charge in [0.2, 0.25) is 17.2 Å². The summed E-state index contributed by atoms with van der Waals surface area (Å²) in [4.78, 5) is 66.6. The third-order valence-electron chi connectivity index (χ3n) is 7.91. The number of para-hydroxylation sites is 1. The normalized spacial score (nSPS) is 23.2. The molecule has 4 atom stereocenters. The fourth-order valence-electron chi connectivity index (χ4n) is 6.05. The van der Waals surface area contributed by atoms with Gasteiger partial charge in [0, 0.05) is 22.9 Å². The number of rotatable bonds is 6. The molecule has 3 N–H and O–H groups in total. The second-order valence-electron chi connectivity index (χ2n) is 10.9. The van der Waals surface area contributed by atoms with Crippen molar-refractivity contribution in [3.63, 3.8) is 0 Å². The van der Waals surface area contributed by atoms with E-state index in [1.165, 1.54) is 16.7 Å². The van der Waals surface area contributed by atoms with Crippen molar-refractivity contribution in [1.29, 1.82) is 0 Å². The molecule has 2 aromatic carbocycles. The first-order valence-corrected chi connectivity index (χ1v) is 14.0. The number of carbonyl (C=O) groups excluding carboxylic acids is 3. The van der Waals surface area contributed by atoms with Gasteiger partial charge in [-0.05, 0) is 43.9 Å². The molecule has 11 heteroatoms. The third-order valence-corrected chi connectivity index (χ3v) is 9.49. The molecule has 0 aliphatic carbocycles. The Morgan fingerprint density at radius 1 is 1.07 bits per heavy atom. The molecular weight excluding hydrogens is 532 g/mol. The van der Waals surface area contributed by atoms with E-state index in [4.69, 9.17) is 0 Å². The van der Waals surface area contributed by atoms with Crippen LogP contribution in [-0.2, 0) is 27.3 Å². The van der Waals surface area contributed by atoms with Crippen molar-refractivity contribution in [3.8, 4) is 0 Å². The molecule has 2 fully saturated rings. The smallest absolute Gasteiger partial charge is 0.327 e. The summed E-state index contributed by atoms with van der Waals surface area (Å²) in [7, 11) is 0. The van der Waals surface area contributed by atoms with E-state index in [-0.39, 0.29) is 5.56 Å². The number of aromatic nitrogens is 1. The molecule has 0 bridgehead atoms. The number of nitrogens with one attached hydrogen (secondary N) is 2. The second kappa shape index (κ2) is 9.51. The lowest BCUT2D eigenvalue weighted by molar-refractivity contribution is -0.161. The number of benzene rings is 2. The molecule has 40 heavy (non-hydrogen) atoms. The molecule has 0 spiro atoms. The molecule has 6 rings (SSSR count). The van der Waals surface area contributed by atoms with Gasteiger partial charge in [0.1, 0.15) is 29.1 Å². The van der Waals surface area contributed by atoms with Crippen molar-refractivity contribution in [2.45, 2.75) is 61.5 Å². The van der Waals surface area contributed by atoms with Gasteiger partial charge < -0.3 is 25.2 Å². The largest absolute Gasteiger partial charge is 0.480 e. The van der Waals surface area contributed by atoms with E-state index < -0.39 is 57.4 Å². The van der Waals surface area contributed by atoms with Gasteiger partial charge >= 0.3 is 5.97 Å². The van der Waals surface area contributed by atoms with Gasteiger partial charge in [-0.2, -0.15) is 0 Å². The Labute approximate surface area is 233 Å². The Kier molecular flexibility index (Phi) is 6.21. The SMILES string of the molecule is CC1(C)SC2C(NC(=O)C(NC(=O)c3cn4c5c(cccc5c3=O)CCC4)c3ccccc3)C(=O)N2C1C(=O)O. The number of carbonyl (C=O) groups is 4. The van der Waals surface area contributed by atoms with E-state index in [1.807, 2.05) is 16.7 Å². The Balaban J connectivity index is 1.28. The molecule has 3 aliphatic rings. The lowest BCUT2D eigenvalue weighted by Crippen LogP contribution is -2.71. The number of carboxylic acid groups (broad SMARTS) is 1. The molecule has 4 unspecified atom stereocenters. The van der Waals surface area contributed by atoms with Crippen LogP contribution in [0.4, 0.5) is 0 Å². The number of carboxylic acids is 1. The Morgan fingerprint density at radius 3 is 2.55 bits per heavy atom. The van der Waals surface area contributed by atoms with Gasteiger partial charge in [-0.15, -0.1) is 11.8 Å². The summed E-state index contributed by atoms with van der Waals surface area (Å²) in [6.45, 7) is 4.18. The van der Waals surface area contributed by atoms with Crippen LogP contribution in [0.15, 0.2) is 59.5 Å². The summed E-state index contributed by atoms with van der Waals surface area (Å²) >= 11 is 1.32. The predicted octanol–water partition coefficient (Wildman–Crippen LogP) is 2.05. The van der Waals surface area contributed by atoms with E-state index in [2.05, 4.69) is 10.6 Å². The first kappa shape index (κ1) is 26.1. The number of amides is 3. The Bertz CT molecular complexity index is 1630. The fourth-order valence-corrected chi connectivity index (χ4v) is 7.68. The molecule has 3 amide bonds. The summed E-state index contributed by atoms with van der Waals surface area (Å²) < 4.78 is 1.18. The van der Waals surface area contributed by atoms with Crippen molar-refractivity contribution in [1.82, 2.24) is 20.1 Å². The van der Waals surface area contributed by atoms with Crippen LogP contribution in [0.5, 0.6) is 0 Å². The minimum atomic E-state index is -1.19. The summed E-state index contributed by atoms with van der Waals surface area (Å²) in [5.41, 5.74) is 1.89. The molecule has 206 valence electrons. The third kappa shape index (κ3) is 4.07. The van der Waals surface area contributed by atoms with E-state index in [0.717, 1.165) is 23.9 Å². The fraction of sp³-hybridized carbons (Fsp3) is 0.345. The minimum Gasteiger partial charge on any atom is -0.480 e. The number of fused-ring (bicyclic) bond motifs is 1. The number of aliphatic carboxylic acids is 1. The highest BCUT2D eigenvalue weighted by Crippen LogP contribution is 2.50. The van der Waals surface area contributed by atoms with Gasteiger partial charge in [0.15, 0.2) is 0 Å². The lowest BCUT2D eigenvalue weighted by atomic mass is 9.95. The lowest BCUT2D eigenvalue weighted by Gasteiger charge is -2.44. The van der Waals surface area contributed by atoms with Crippen molar-refractivity contribution < 1.29 is 24.3 Å². The molecule has 3 aromatic rings. The van der Waals surface area contributed by atoms with Crippen LogP contribution in [0.25, 0.3) is 10.9 Å². The minimum absolute atomic E-state index is 0.0661.